The second kappa shape index (κ2) is 6.57. The third-order valence-corrected chi connectivity index (χ3v) is 3.90. The van der Waals surface area contributed by atoms with E-state index in [4.69, 9.17) is 9.88 Å². The Bertz CT molecular complexity index is 605. The van der Waals surface area contributed by atoms with Gasteiger partial charge >= 0.3 is 5.97 Å². The van der Waals surface area contributed by atoms with Gasteiger partial charge in [-0.3, -0.25) is 5.10 Å². The van der Waals surface area contributed by atoms with Crippen LogP contribution in [0.25, 0.3) is 0 Å². The Kier molecular flexibility index (Phi) is 5.52. The van der Waals surface area contributed by atoms with Gasteiger partial charge < -0.3 is 4.74 Å². The smallest absolute Gasteiger partial charge is 0.360 e. The van der Waals surface area contributed by atoms with Crippen molar-refractivity contribution in [1.82, 2.24) is 10.2 Å². The molecular formula is C13H23N3O4S. The van der Waals surface area contributed by atoms with Gasteiger partial charge in [0, 0.05) is 0 Å². The zero-order valence-corrected chi connectivity index (χ0v) is 13.8. The molecule has 1 heterocycles. The normalized spacial score (nSPS) is 13.7. The van der Waals surface area contributed by atoms with Crippen molar-refractivity contribution in [3.05, 3.63) is 11.4 Å². The maximum Gasteiger partial charge on any atom is 0.360 e. The summed E-state index contributed by atoms with van der Waals surface area (Å²) in [6.07, 6.45) is 0.350. The fourth-order valence-corrected chi connectivity index (χ4v) is 3.10. The van der Waals surface area contributed by atoms with E-state index in [0.717, 1.165) is 0 Å². The van der Waals surface area contributed by atoms with Crippen LogP contribution in [-0.4, -0.2) is 30.7 Å². The predicted octanol–water partition coefficient (Wildman–Crippen LogP) is 1.77. The number of carbonyl (C=O) groups excluding carboxylic acids is 1. The lowest BCUT2D eigenvalue weighted by atomic mass is 10.1. The number of nitrogens with zero attached hydrogens (tertiary/aromatic N) is 1. The summed E-state index contributed by atoms with van der Waals surface area (Å²) < 4.78 is 28.7. The third-order valence-electron chi connectivity index (χ3n) is 2.91. The molecule has 0 aliphatic carbocycles. The molecule has 0 saturated heterocycles. The number of nitrogens with one attached hydrogen (secondary N) is 1. The monoisotopic (exact) mass is 317 g/mol. The SMILES string of the molecule is CC(C)CC(C)OC(=O)c1n[nH]c(C(C)C)c1S(N)(=O)=O. The number of hydrogen-bond acceptors (Lipinski definition) is 5. The minimum atomic E-state index is -4.06. The Morgan fingerprint density at radius 3 is 2.29 bits per heavy atom. The average molecular weight is 317 g/mol. The van der Waals surface area contributed by atoms with Crippen LogP contribution in [0.5, 0.6) is 0 Å². The van der Waals surface area contributed by atoms with Crippen molar-refractivity contribution in [3.8, 4) is 0 Å². The largest absolute Gasteiger partial charge is 0.458 e. The van der Waals surface area contributed by atoms with Gasteiger partial charge in [-0.25, -0.2) is 18.4 Å². The lowest BCUT2D eigenvalue weighted by Crippen LogP contribution is -2.22. The molecule has 120 valence electrons. The number of H-pyrrole nitrogens is 1. The Morgan fingerprint density at radius 1 is 1.29 bits per heavy atom. The van der Waals surface area contributed by atoms with Crippen molar-refractivity contribution in [2.24, 2.45) is 11.1 Å². The number of hydrogen-bond donors (Lipinski definition) is 2. The first-order chi connectivity index (χ1) is 9.54. The highest BCUT2D eigenvalue weighted by Crippen LogP contribution is 2.24. The second-order valence-electron chi connectivity index (χ2n) is 5.86. The number of carbonyl (C=O) groups is 1. The van der Waals surface area contributed by atoms with Gasteiger partial charge in [0.05, 0.1) is 11.8 Å². The zero-order valence-electron chi connectivity index (χ0n) is 13.0. The van der Waals surface area contributed by atoms with Crippen molar-refractivity contribution in [1.29, 1.82) is 0 Å². The Hall–Kier alpha value is -1.41. The van der Waals surface area contributed by atoms with Crippen LogP contribution >= 0.6 is 0 Å². The maximum atomic E-state index is 12.1. The van der Waals surface area contributed by atoms with E-state index >= 15 is 0 Å². The number of esters is 1. The molecule has 0 bridgehead atoms. The molecule has 0 aromatic carbocycles. The van der Waals surface area contributed by atoms with Crippen molar-refractivity contribution < 1.29 is 17.9 Å². The summed E-state index contributed by atoms with van der Waals surface area (Å²) in [4.78, 5) is 11.8. The fourth-order valence-electron chi connectivity index (χ4n) is 2.11. The van der Waals surface area contributed by atoms with E-state index in [2.05, 4.69) is 10.2 Å². The van der Waals surface area contributed by atoms with Gasteiger partial charge in [-0.1, -0.05) is 27.7 Å². The zero-order chi connectivity index (χ0) is 16.4. The molecule has 0 radical (unpaired) electrons. The van der Waals surface area contributed by atoms with Crippen molar-refractivity contribution in [3.63, 3.8) is 0 Å². The summed E-state index contributed by atoms with van der Waals surface area (Å²) in [5.41, 5.74) is 0.0257. The molecule has 0 fully saturated rings. The Morgan fingerprint density at radius 2 is 1.86 bits per heavy atom. The molecule has 0 spiro atoms. The lowest BCUT2D eigenvalue weighted by molar-refractivity contribution is 0.0288. The highest BCUT2D eigenvalue weighted by atomic mass is 32.2. The second-order valence-corrected chi connectivity index (χ2v) is 7.36. The van der Waals surface area contributed by atoms with Crippen LogP contribution in [0.3, 0.4) is 0 Å². The molecule has 0 saturated carbocycles. The van der Waals surface area contributed by atoms with Crippen molar-refractivity contribution >= 4 is 16.0 Å². The van der Waals surface area contributed by atoms with Crippen LogP contribution < -0.4 is 5.14 Å². The van der Waals surface area contributed by atoms with E-state index in [1.807, 2.05) is 13.8 Å². The van der Waals surface area contributed by atoms with Crippen molar-refractivity contribution in [2.75, 3.05) is 0 Å². The van der Waals surface area contributed by atoms with E-state index < -0.39 is 16.0 Å². The molecule has 1 atom stereocenters. The number of aromatic amines is 1. The number of sulfonamides is 1. The Labute approximate surface area is 125 Å². The highest BCUT2D eigenvalue weighted by molar-refractivity contribution is 7.89. The molecule has 1 rings (SSSR count). The summed E-state index contributed by atoms with van der Waals surface area (Å²) in [7, 11) is -4.06. The van der Waals surface area contributed by atoms with Gasteiger partial charge in [-0.15, -0.1) is 0 Å². The van der Waals surface area contributed by atoms with E-state index in [9.17, 15) is 13.2 Å². The van der Waals surface area contributed by atoms with Gasteiger partial charge in [0.2, 0.25) is 10.0 Å². The predicted molar refractivity (Wildman–Crippen MR) is 78.4 cm³/mol. The van der Waals surface area contributed by atoms with Gasteiger partial charge in [-0.05, 0) is 25.2 Å². The molecule has 1 aromatic heterocycles. The summed E-state index contributed by atoms with van der Waals surface area (Å²) in [5.74, 6) is -0.591. The van der Waals surface area contributed by atoms with Gasteiger partial charge in [0.1, 0.15) is 4.90 Å². The number of primary sulfonamides is 1. The summed E-state index contributed by atoms with van der Waals surface area (Å²) in [6, 6.07) is 0. The number of rotatable bonds is 6. The van der Waals surface area contributed by atoms with Crippen LogP contribution in [0, 0.1) is 5.92 Å². The number of nitrogens with two attached hydrogens (primary N) is 1. The van der Waals surface area contributed by atoms with Crippen LogP contribution in [0.15, 0.2) is 4.90 Å². The van der Waals surface area contributed by atoms with Gasteiger partial charge in [-0.2, -0.15) is 5.10 Å². The van der Waals surface area contributed by atoms with Crippen LogP contribution in [0.2, 0.25) is 0 Å². The van der Waals surface area contributed by atoms with Crippen LogP contribution in [0.4, 0.5) is 0 Å². The molecule has 0 aliphatic heterocycles. The molecular weight excluding hydrogens is 294 g/mol. The van der Waals surface area contributed by atoms with Crippen molar-refractivity contribution in [2.45, 2.75) is 58.0 Å². The minimum absolute atomic E-state index is 0.166. The first kappa shape index (κ1) is 17.6. The van der Waals surface area contributed by atoms with Gasteiger partial charge in [0.25, 0.3) is 0 Å². The van der Waals surface area contributed by atoms with E-state index in [1.54, 1.807) is 20.8 Å². The molecule has 7 nitrogen and oxygen atoms in total. The third kappa shape index (κ3) is 4.53. The van der Waals surface area contributed by atoms with E-state index in [0.29, 0.717) is 18.0 Å². The maximum absolute atomic E-state index is 12.1. The van der Waals surface area contributed by atoms with Crippen LogP contribution in [0.1, 0.15) is 63.1 Å². The summed E-state index contributed by atoms with van der Waals surface area (Å²) >= 11 is 0. The highest BCUT2D eigenvalue weighted by Gasteiger charge is 2.30. The fraction of sp³-hybridized carbons (Fsp3) is 0.692. The van der Waals surface area contributed by atoms with Crippen LogP contribution in [-0.2, 0) is 14.8 Å². The summed E-state index contributed by atoms with van der Waals surface area (Å²) in [5, 5.41) is 11.5. The molecule has 21 heavy (non-hydrogen) atoms. The molecule has 8 heteroatoms. The first-order valence-corrected chi connectivity index (χ1v) is 8.40. The molecule has 0 aliphatic rings. The van der Waals surface area contributed by atoms with Gasteiger partial charge in [0.15, 0.2) is 5.69 Å². The molecule has 3 N–H and O–H groups in total. The molecule has 0 amide bonds. The minimum Gasteiger partial charge on any atom is -0.458 e. The average Bonchev–Trinajstić information content (AvgIpc) is 2.71. The number of aromatic nitrogens is 2. The molecule has 1 aromatic rings. The standard InChI is InChI=1S/C13H23N3O4S/c1-7(2)6-9(5)20-13(17)11-12(21(14,18)19)10(8(3)4)15-16-11/h7-9H,6H2,1-5H3,(H,15,16)(H2,14,18,19). The number of ether oxygens (including phenoxy) is 1. The quantitative estimate of drug-likeness (QED) is 0.776. The van der Waals surface area contributed by atoms with E-state index in [1.165, 1.54) is 0 Å². The Balaban J connectivity index is 3.11. The van der Waals surface area contributed by atoms with E-state index in [-0.39, 0.29) is 22.6 Å². The first-order valence-electron chi connectivity index (χ1n) is 6.86. The lowest BCUT2D eigenvalue weighted by Gasteiger charge is -2.14. The topological polar surface area (TPSA) is 115 Å². The molecule has 1 unspecified atom stereocenters. The summed E-state index contributed by atoms with van der Waals surface area (Å²) in [6.45, 7) is 9.32.